The van der Waals surface area contributed by atoms with Crippen LogP contribution in [-0.2, 0) is 21.3 Å². The van der Waals surface area contributed by atoms with Gasteiger partial charge < -0.3 is 19.9 Å². The Morgan fingerprint density at radius 3 is 2.81 bits per heavy atom. The number of pyridine rings is 1. The smallest absolute Gasteiger partial charge is 0.409 e. The number of aromatic amines is 1. The second-order valence-corrected chi connectivity index (χ2v) is 9.61. The summed E-state index contributed by atoms with van der Waals surface area (Å²) in [5.74, 6) is 0.220. The fourth-order valence-corrected chi connectivity index (χ4v) is 4.35. The van der Waals surface area contributed by atoms with Gasteiger partial charge in [0, 0.05) is 37.1 Å². The van der Waals surface area contributed by atoms with Crippen molar-refractivity contribution in [3.8, 4) is 0 Å². The number of rotatable bonds is 5. The zero-order chi connectivity index (χ0) is 22.9. The van der Waals surface area contributed by atoms with E-state index in [1.54, 1.807) is 4.90 Å². The molecule has 0 radical (unpaired) electrons. The molecule has 11 nitrogen and oxygen atoms in total. The highest BCUT2D eigenvalue weighted by molar-refractivity contribution is 7.89. The van der Waals surface area contributed by atoms with Gasteiger partial charge in [-0.25, -0.2) is 23.2 Å². The number of aromatic nitrogens is 4. The number of likely N-dealkylation sites (tertiary alicyclic amines) is 1. The number of nitrogens with zero attached hydrogens (tertiary/aromatic N) is 4. The van der Waals surface area contributed by atoms with Gasteiger partial charge in [0.2, 0.25) is 10.0 Å². The van der Waals surface area contributed by atoms with Crippen molar-refractivity contribution >= 4 is 33.2 Å². The van der Waals surface area contributed by atoms with Gasteiger partial charge in [-0.2, -0.15) is 0 Å². The zero-order valence-corrected chi connectivity index (χ0v) is 18.6. The van der Waals surface area contributed by atoms with E-state index < -0.39 is 15.9 Å². The first-order chi connectivity index (χ1) is 15.2. The molecule has 2 N–H and O–H groups in total. The van der Waals surface area contributed by atoms with Crippen LogP contribution in [0.3, 0.4) is 0 Å². The van der Waals surface area contributed by atoms with Gasteiger partial charge in [-0.1, -0.05) is 0 Å². The van der Waals surface area contributed by atoms with E-state index >= 15 is 0 Å². The number of carbonyl (C=O) groups is 2. The number of amides is 2. The molecule has 1 atom stereocenters. The van der Waals surface area contributed by atoms with Crippen LogP contribution in [0, 0.1) is 0 Å². The Labute approximate surface area is 184 Å². The predicted octanol–water partition coefficient (Wildman–Crippen LogP) is 1.44. The SMILES string of the molecule is COC(=O)N1CCC[C@@H](c2ccc3[nH]c(CNC(=O)c4ccn(S(C)(=O)=O)c4)nc3n2)C1. The standard InChI is InChI=1S/C20H24N6O5S/c1-31-20(28)25-8-3-4-13(11-25)15-5-6-16-18(23-15)24-17(22-16)10-21-19(27)14-7-9-26(12-14)32(2,29)30/h5-7,9,12-13H,3-4,8,10-11H2,1-2H3,(H,21,27)(H,22,23,24)/t13-/m1/s1. The van der Waals surface area contributed by atoms with Crippen LogP contribution < -0.4 is 5.32 Å². The van der Waals surface area contributed by atoms with Gasteiger partial charge in [-0.3, -0.25) is 8.77 Å². The maximum absolute atomic E-state index is 12.3. The van der Waals surface area contributed by atoms with E-state index in [1.807, 2.05) is 12.1 Å². The molecule has 32 heavy (non-hydrogen) atoms. The maximum atomic E-state index is 12.3. The predicted molar refractivity (Wildman–Crippen MR) is 116 cm³/mol. The molecule has 1 aliphatic heterocycles. The molecule has 1 aliphatic rings. The average Bonchev–Trinajstić information content (AvgIpc) is 3.43. The zero-order valence-electron chi connectivity index (χ0n) is 17.7. The number of nitrogens with one attached hydrogen (secondary N) is 2. The van der Waals surface area contributed by atoms with Crippen LogP contribution in [0.2, 0.25) is 0 Å². The summed E-state index contributed by atoms with van der Waals surface area (Å²) in [5.41, 5.74) is 2.36. The van der Waals surface area contributed by atoms with Gasteiger partial charge >= 0.3 is 6.09 Å². The summed E-state index contributed by atoms with van der Waals surface area (Å²) < 4.78 is 28.9. The lowest BCUT2D eigenvalue weighted by molar-refractivity contribution is 0.0949. The second-order valence-electron chi connectivity index (χ2n) is 7.72. The third-order valence-corrected chi connectivity index (χ3v) is 6.41. The number of ether oxygens (including phenoxy) is 1. The molecule has 170 valence electrons. The van der Waals surface area contributed by atoms with Crippen molar-refractivity contribution in [2.75, 3.05) is 26.5 Å². The Morgan fingerprint density at radius 1 is 1.28 bits per heavy atom. The summed E-state index contributed by atoms with van der Waals surface area (Å²) >= 11 is 0. The van der Waals surface area contributed by atoms with E-state index in [0.29, 0.717) is 24.6 Å². The molecular formula is C20H24N6O5S. The Bertz CT molecular complexity index is 1260. The molecule has 3 aromatic heterocycles. The van der Waals surface area contributed by atoms with Gasteiger partial charge in [-0.05, 0) is 31.0 Å². The van der Waals surface area contributed by atoms with Crippen molar-refractivity contribution in [1.82, 2.24) is 29.1 Å². The lowest BCUT2D eigenvalue weighted by atomic mass is 9.94. The number of imidazole rings is 1. The first-order valence-corrected chi connectivity index (χ1v) is 11.9. The van der Waals surface area contributed by atoms with Gasteiger partial charge in [0.25, 0.3) is 5.91 Å². The van der Waals surface area contributed by atoms with Crippen LogP contribution in [0.1, 0.15) is 40.6 Å². The summed E-state index contributed by atoms with van der Waals surface area (Å²) in [6.45, 7) is 1.35. The van der Waals surface area contributed by atoms with Crippen molar-refractivity contribution in [3.05, 3.63) is 47.7 Å². The third kappa shape index (κ3) is 4.59. The van der Waals surface area contributed by atoms with Crippen molar-refractivity contribution in [2.45, 2.75) is 25.3 Å². The Kier molecular flexibility index (Phi) is 5.87. The molecule has 0 unspecified atom stereocenters. The van der Waals surface area contributed by atoms with Crippen LogP contribution in [0.25, 0.3) is 11.2 Å². The van der Waals surface area contributed by atoms with E-state index in [2.05, 4.69) is 20.3 Å². The van der Waals surface area contributed by atoms with Gasteiger partial charge in [0.05, 0.1) is 31.0 Å². The molecule has 0 aromatic carbocycles. The average molecular weight is 461 g/mol. The molecule has 3 aromatic rings. The number of carbonyl (C=O) groups excluding carboxylic acids is 2. The van der Waals surface area contributed by atoms with Gasteiger partial charge in [0.1, 0.15) is 5.82 Å². The number of hydrogen-bond acceptors (Lipinski definition) is 7. The molecule has 1 fully saturated rings. The highest BCUT2D eigenvalue weighted by atomic mass is 32.2. The lowest BCUT2D eigenvalue weighted by Crippen LogP contribution is -2.39. The molecule has 0 aliphatic carbocycles. The lowest BCUT2D eigenvalue weighted by Gasteiger charge is -2.31. The third-order valence-electron chi connectivity index (χ3n) is 5.42. The number of piperidine rings is 1. The number of methoxy groups -OCH3 is 1. The molecule has 0 spiro atoms. The summed E-state index contributed by atoms with van der Waals surface area (Å²) in [6.07, 6.45) is 5.11. The fraction of sp³-hybridized carbons (Fsp3) is 0.400. The minimum Gasteiger partial charge on any atom is -0.453 e. The molecule has 0 bridgehead atoms. The van der Waals surface area contributed by atoms with Crippen LogP contribution in [0.4, 0.5) is 4.79 Å². The topological polar surface area (TPSA) is 139 Å². The van der Waals surface area contributed by atoms with E-state index in [1.165, 1.54) is 25.6 Å². The Balaban J connectivity index is 1.43. The molecule has 4 rings (SSSR count). The molecule has 0 saturated carbocycles. The normalized spacial score (nSPS) is 16.8. The molecule has 2 amide bonds. The van der Waals surface area contributed by atoms with Gasteiger partial charge in [-0.15, -0.1) is 0 Å². The number of H-pyrrole nitrogens is 1. The summed E-state index contributed by atoms with van der Waals surface area (Å²) in [6, 6.07) is 5.24. The summed E-state index contributed by atoms with van der Waals surface area (Å²) in [4.78, 5) is 38.1. The van der Waals surface area contributed by atoms with E-state index in [9.17, 15) is 18.0 Å². The van der Waals surface area contributed by atoms with Crippen LogP contribution >= 0.6 is 0 Å². The van der Waals surface area contributed by atoms with Crippen LogP contribution in [-0.4, -0.2) is 70.7 Å². The van der Waals surface area contributed by atoms with Crippen molar-refractivity contribution in [1.29, 1.82) is 0 Å². The highest BCUT2D eigenvalue weighted by Gasteiger charge is 2.26. The van der Waals surface area contributed by atoms with Crippen molar-refractivity contribution in [3.63, 3.8) is 0 Å². The van der Waals surface area contributed by atoms with Crippen molar-refractivity contribution in [2.24, 2.45) is 0 Å². The van der Waals surface area contributed by atoms with Gasteiger partial charge in [0.15, 0.2) is 5.65 Å². The highest BCUT2D eigenvalue weighted by Crippen LogP contribution is 2.27. The fourth-order valence-electron chi connectivity index (χ4n) is 3.77. The first kappa shape index (κ1) is 21.8. The Hall–Kier alpha value is -3.41. The number of hydrogen-bond donors (Lipinski definition) is 2. The maximum Gasteiger partial charge on any atom is 0.409 e. The molecular weight excluding hydrogens is 436 g/mol. The monoisotopic (exact) mass is 460 g/mol. The minimum absolute atomic E-state index is 0.103. The minimum atomic E-state index is -3.44. The summed E-state index contributed by atoms with van der Waals surface area (Å²) in [5, 5.41) is 2.72. The second kappa shape index (κ2) is 8.61. The van der Waals surface area contributed by atoms with E-state index in [-0.39, 0.29) is 24.1 Å². The number of fused-ring (bicyclic) bond motifs is 1. The van der Waals surface area contributed by atoms with Crippen LogP contribution in [0.5, 0.6) is 0 Å². The molecule has 1 saturated heterocycles. The summed E-state index contributed by atoms with van der Waals surface area (Å²) in [7, 11) is -2.07. The van der Waals surface area contributed by atoms with E-state index in [4.69, 9.17) is 4.74 Å². The van der Waals surface area contributed by atoms with Crippen LogP contribution in [0.15, 0.2) is 30.6 Å². The van der Waals surface area contributed by atoms with Crippen molar-refractivity contribution < 1.29 is 22.7 Å². The quantitative estimate of drug-likeness (QED) is 0.587. The Morgan fingerprint density at radius 2 is 2.09 bits per heavy atom. The largest absolute Gasteiger partial charge is 0.453 e. The molecule has 12 heteroatoms. The first-order valence-electron chi connectivity index (χ1n) is 10.1. The van der Waals surface area contributed by atoms with E-state index in [0.717, 1.165) is 34.3 Å². The molecule has 4 heterocycles.